The van der Waals surface area contributed by atoms with E-state index in [4.69, 9.17) is 9.15 Å². The molecule has 1 aliphatic heterocycles. The predicted octanol–water partition coefficient (Wildman–Crippen LogP) is 6.43. The lowest BCUT2D eigenvalue weighted by atomic mass is 10.1. The lowest BCUT2D eigenvalue weighted by Crippen LogP contribution is -2.28. The Balaban J connectivity index is 1.19. The van der Waals surface area contributed by atoms with Crippen LogP contribution in [-0.4, -0.2) is 45.3 Å². The van der Waals surface area contributed by atoms with Gasteiger partial charge in [-0.05, 0) is 60.7 Å². The zero-order chi connectivity index (χ0) is 26.4. The van der Waals surface area contributed by atoms with Crippen molar-refractivity contribution in [2.24, 2.45) is 0 Å². The summed E-state index contributed by atoms with van der Waals surface area (Å²) in [5.74, 6) is 2.11. The van der Waals surface area contributed by atoms with Crippen LogP contribution in [0.3, 0.4) is 0 Å². The number of hydrogen-bond acceptors (Lipinski definition) is 5. The van der Waals surface area contributed by atoms with Crippen LogP contribution in [0, 0.1) is 0 Å². The summed E-state index contributed by atoms with van der Waals surface area (Å²) in [5.41, 5.74) is 3.93. The molecule has 0 atom stereocenters. The fourth-order valence-electron chi connectivity index (χ4n) is 5.18. The van der Waals surface area contributed by atoms with Gasteiger partial charge in [0.05, 0.1) is 6.54 Å². The average Bonchev–Trinajstić information content (AvgIpc) is 3.74. The summed E-state index contributed by atoms with van der Waals surface area (Å²) in [6.07, 6.45) is 6.55. The summed E-state index contributed by atoms with van der Waals surface area (Å²) < 4.78 is 11.9. The van der Waals surface area contributed by atoms with Gasteiger partial charge < -0.3 is 19.0 Å². The van der Waals surface area contributed by atoms with Crippen molar-refractivity contribution in [3.8, 4) is 11.5 Å². The van der Waals surface area contributed by atoms with Crippen LogP contribution in [0.5, 0.6) is 11.5 Å². The van der Waals surface area contributed by atoms with E-state index in [1.54, 1.807) is 0 Å². The molecule has 0 unspecified atom stereocenters. The molecule has 1 fully saturated rings. The molecule has 3 aromatic carbocycles. The second-order valence-electron chi connectivity index (χ2n) is 10.0. The minimum absolute atomic E-state index is 0.0430. The zero-order valence-corrected chi connectivity index (χ0v) is 21.9. The van der Waals surface area contributed by atoms with E-state index in [2.05, 4.69) is 51.4 Å². The van der Waals surface area contributed by atoms with Crippen molar-refractivity contribution >= 4 is 16.8 Å². The quantitative estimate of drug-likeness (QED) is 0.230. The van der Waals surface area contributed by atoms with Crippen molar-refractivity contribution in [2.45, 2.75) is 32.4 Å². The molecule has 0 radical (unpaired) electrons. The van der Waals surface area contributed by atoms with Crippen LogP contribution in [0.15, 0.2) is 95.7 Å². The molecule has 6 rings (SSSR count). The van der Waals surface area contributed by atoms with Gasteiger partial charge in [-0.15, -0.1) is 0 Å². The van der Waals surface area contributed by atoms with Gasteiger partial charge in [-0.2, -0.15) is 0 Å². The van der Waals surface area contributed by atoms with Crippen LogP contribution in [0.25, 0.3) is 10.9 Å². The number of aromatic amines is 1. The van der Waals surface area contributed by atoms with Crippen molar-refractivity contribution in [1.82, 2.24) is 19.8 Å². The average molecular weight is 521 g/mol. The van der Waals surface area contributed by atoms with Gasteiger partial charge in [-0.25, -0.2) is 4.98 Å². The Morgan fingerprint density at radius 1 is 0.949 bits per heavy atom. The van der Waals surface area contributed by atoms with Crippen LogP contribution in [-0.2, 0) is 19.5 Å². The number of hydrogen-bond donors (Lipinski definition) is 1. The third kappa shape index (κ3) is 6.04. The van der Waals surface area contributed by atoms with Crippen molar-refractivity contribution in [3.63, 3.8) is 0 Å². The largest absolute Gasteiger partial charge is 0.457 e. The Hall–Kier alpha value is -4.36. The summed E-state index contributed by atoms with van der Waals surface area (Å²) >= 11 is 0. The molecule has 7 nitrogen and oxygen atoms in total. The molecular weight excluding hydrogens is 488 g/mol. The maximum Gasteiger partial charge on any atom is 0.275 e. The van der Waals surface area contributed by atoms with E-state index in [0.29, 0.717) is 24.7 Å². The number of benzene rings is 3. The van der Waals surface area contributed by atoms with Gasteiger partial charge in [0.15, 0.2) is 5.69 Å². The molecule has 0 saturated carbocycles. The van der Waals surface area contributed by atoms with Gasteiger partial charge in [0, 0.05) is 43.3 Å². The highest BCUT2D eigenvalue weighted by molar-refractivity contribution is 5.92. The number of carbonyl (C=O) groups excluding carboxylic acids is 1. The van der Waals surface area contributed by atoms with E-state index in [1.807, 2.05) is 53.4 Å². The molecule has 3 heterocycles. The number of nitrogens with zero attached hydrogens (tertiary/aromatic N) is 3. The van der Waals surface area contributed by atoms with Gasteiger partial charge >= 0.3 is 0 Å². The van der Waals surface area contributed by atoms with Gasteiger partial charge in [0.1, 0.15) is 17.8 Å². The smallest absolute Gasteiger partial charge is 0.275 e. The molecule has 1 N–H and O–H groups in total. The van der Waals surface area contributed by atoms with Crippen molar-refractivity contribution in [3.05, 3.63) is 114 Å². The Bertz CT molecular complexity index is 1540. The predicted molar refractivity (Wildman–Crippen MR) is 151 cm³/mol. The lowest BCUT2D eigenvalue weighted by Gasteiger charge is -2.21. The molecule has 7 heteroatoms. The Morgan fingerprint density at radius 3 is 2.62 bits per heavy atom. The molecule has 0 bridgehead atoms. The molecule has 0 spiro atoms. The van der Waals surface area contributed by atoms with E-state index in [-0.39, 0.29) is 5.91 Å². The first-order chi connectivity index (χ1) is 19.2. The second-order valence-corrected chi connectivity index (χ2v) is 10.0. The van der Waals surface area contributed by atoms with Crippen molar-refractivity contribution in [1.29, 1.82) is 0 Å². The number of likely N-dealkylation sites (tertiary alicyclic amines) is 1. The minimum Gasteiger partial charge on any atom is -0.457 e. The third-order valence-corrected chi connectivity index (χ3v) is 7.18. The van der Waals surface area contributed by atoms with Crippen LogP contribution in [0.1, 0.15) is 40.3 Å². The molecule has 39 heavy (non-hydrogen) atoms. The highest BCUT2D eigenvalue weighted by atomic mass is 16.5. The number of oxazole rings is 1. The van der Waals surface area contributed by atoms with Gasteiger partial charge in [-0.1, -0.05) is 48.5 Å². The van der Waals surface area contributed by atoms with Crippen LogP contribution in [0.4, 0.5) is 0 Å². The topological polar surface area (TPSA) is 74.6 Å². The molecule has 5 aromatic rings. The fourth-order valence-corrected chi connectivity index (χ4v) is 5.18. The number of amides is 1. The van der Waals surface area contributed by atoms with Crippen molar-refractivity contribution < 1.29 is 13.9 Å². The number of rotatable bonds is 10. The Kier molecular flexibility index (Phi) is 7.41. The maximum atomic E-state index is 12.8. The van der Waals surface area contributed by atoms with Crippen LogP contribution < -0.4 is 4.74 Å². The van der Waals surface area contributed by atoms with Gasteiger partial charge in [0.25, 0.3) is 5.91 Å². The molecule has 1 amide bonds. The zero-order valence-electron chi connectivity index (χ0n) is 21.9. The number of para-hydroxylation sites is 2. The van der Waals surface area contributed by atoms with Crippen LogP contribution in [0.2, 0.25) is 0 Å². The number of ether oxygens (including phenoxy) is 1. The van der Waals surface area contributed by atoms with E-state index in [1.165, 1.54) is 17.2 Å². The molecule has 2 aromatic heterocycles. The van der Waals surface area contributed by atoms with Crippen molar-refractivity contribution in [2.75, 3.05) is 19.6 Å². The highest BCUT2D eigenvalue weighted by Gasteiger charge is 2.23. The fraction of sp³-hybridized carbons (Fsp3) is 0.250. The number of fused-ring (bicyclic) bond motifs is 1. The standard InChI is InChI=1S/C32H32N4O3/c37-32(36-16-6-7-17-36)30-23-38-31(34-30)22-35(18-15-25-20-33-29-14-5-4-13-28(25)29)21-24-9-8-12-27(19-24)39-26-10-2-1-3-11-26/h1-5,8-14,19-20,23,33H,6-7,15-18,21-22H2. The maximum absolute atomic E-state index is 12.8. The SMILES string of the molecule is O=C(c1coc(CN(CCc2c[nH]c3ccccc23)Cc2cccc(Oc3ccccc3)c2)n1)N1CCCC1. The summed E-state index contributed by atoms with van der Waals surface area (Å²) in [7, 11) is 0. The lowest BCUT2D eigenvalue weighted by molar-refractivity contribution is 0.0787. The van der Waals surface area contributed by atoms with E-state index < -0.39 is 0 Å². The summed E-state index contributed by atoms with van der Waals surface area (Å²) in [6.45, 7) is 3.56. The van der Waals surface area contributed by atoms with Crippen LogP contribution >= 0.6 is 0 Å². The normalized spacial score (nSPS) is 13.4. The molecule has 198 valence electrons. The first kappa shape index (κ1) is 24.9. The summed E-state index contributed by atoms with van der Waals surface area (Å²) in [5, 5.41) is 1.24. The third-order valence-electron chi connectivity index (χ3n) is 7.18. The van der Waals surface area contributed by atoms with Gasteiger partial charge in [-0.3, -0.25) is 9.69 Å². The number of nitrogens with one attached hydrogen (secondary N) is 1. The summed E-state index contributed by atoms with van der Waals surface area (Å²) in [6, 6.07) is 26.3. The van der Waals surface area contributed by atoms with E-state index in [0.717, 1.165) is 61.5 Å². The number of aromatic nitrogens is 2. The highest BCUT2D eigenvalue weighted by Crippen LogP contribution is 2.24. The molecule has 1 saturated heterocycles. The van der Waals surface area contributed by atoms with Gasteiger partial charge in [0.2, 0.25) is 5.89 Å². The number of H-pyrrole nitrogens is 1. The molecule has 1 aliphatic rings. The monoisotopic (exact) mass is 520 g/mol. The minimum atomic E-state index is -0.0430. The number of carbonyl (C=O) groups is 1. The van der Waals surface area contributed by atoms with E-state index in [9.17, 15) is 4.79 Å². The first-order valence-electron chi connectivity index (χ1n) is 13.5. The Labute approximate surface area is 228 Å². The first-order valence-corrected chi connectivity index (χ1v) is 13.5. The Morgan fingerprint density at radius 2 is 1.74 bits per heavy atom. The molecule has 0 aliphatic carbocycles. The van der Waals surface area contributed by atoms with E-state index >= 15 is 0 Å². The second kappa shape index (κ2) is 11.6. The molecular formula is C32H32N4O3. The summed E-state index contributed by atoms with van der Waals surface area (Å²) in [4.78, 5) is 24.9.